The number of carbonyl (C=O) groups excluding carboxylic acids is 1. The Bertz CT molecular complexity index is 619. The van der Waals surface area contributed by atoms with Crippen LogP contribution in [0.1, 0.15) is 21.5 Å². The SMILES string of the molecule is CNC(=O)c1cccc(CN(CCN)CCc2ccccc2)c1.Cl. The lowest BCUT2D eigenvalue weighted by atomic mass is 10.1. The Morgan fingerprint density at radius 3 is 2.42 bits per heavy atom. The Balaban J connectivity index is 0.00000288. The summed E-state index contributed by atoms with van der Waals surface area (Å²) in [5, 5.41) is 2.66. The van der Waals surface area contributed by atoms with Crippen LogP contribution < -0.4 is 11.1 Å². The molecule has 0 radical (unpaired) electrons. The van der Waals surface area contributed by atoms with E-state index in [-0.39, 0.29) is 18.3 Å². The minimum atomic E-state index is -0.0542. The molecular weight excluding hydrogens is 322 g/mol. The molecule has 2 rings (SSSR count). The largest absolute Gasteiger partial charge is 0.355 e. The molecule has 0 atom stereocenters. The zero-order valence-electron chi connectivity index (χ0n) is 14.1. The van der Waals surface area contributed by atoms with Gasteiger partial charge in [0.25, 0.3) is 5.91 Å². The van der Waals surface area contributed by atoms with Crippen LogP contribution in [0, 0.1) is 0 Å². The van der Waals surface area contributed by atoms with E-state index in [2.05, 4.69) is 40.5 Å². The summed E-state index contributed by atoms with van der Waals surface area (Å²) in [5.74, 6) is -0.0542. The standard InChI is InChI=1S/C19H25N3O.ClH/c1-21-19(23)18-9-5-8-17(14-18)15-22(13-11-20)12-10-16-6-3-2-4-7-16;/h2-9,14H,10-13,15,20H2,1H3,(H,21,23);1H. The number of nitrogens with one attached hydrogen (secondary N) is 1. The van der Waals surface area contributed by atoms with Gasteiger partial charge < -0.3 is 11.1 Å². The van der Waals surface area contributed by atoms with Crippen molar-refractivity contribution in [1.29, 1.82) is 0 Å². The molecule has 0 spiro atoms. The molecule has 2 aromatic carbocycles. The molecule has 2 aromatic rings. The number of hydrogen-bond acceptors (Lipinski definition) is 3. The Kier molecular flexibility index (Phi) is 9.08. The molecule has 0 aliphatic heterocycles. The van der Waals surface area contributed by atoms with Gasteiger partial charge in [-0.15, -0.1) is 12.4 Å². The summed E-state index contributed by atoms with van der Waals surface area (Å²) in [4.78, 5) is 14.1. The number of hydrogen-bond donors (Lipinski definition) is 2. The van der Waals surface area contributed by atoms with E-state index < -0.39 is 0 Å². The predicted molar refractivity (Wildman–Crippen MR) is 102 cm³/mol. The van der Waals surface area contributed by atoms with Gasteiger partial charge in [-0.25, -0.2) is 0 Å². The van der Waals surface area contributed by atoms with Crippen LogP contribution >= 0.6 is 12.4 Å². The smallest absolute Gasteiger partial charge is 0.251 e. The van der Waals surface area contributed by atoms with E-state index in [0.717, 1.165) is 31.6 Å². The third-order valence-electron chi connectivity index (χ3n) is 3.83. The van der Waals surface area contributed by atoms with Crippen molar-refractivity contribution in [3.05, 3.63) is 71.3 Å². The van der Waals surface area contributed by atoms with E-state index in [1.807, 2.05) is 24.3 Å². The Morgan fingerprint density at radius 1 is 1.04 bits per heavy atom. The van der Waals surface area contributed by atoms with Gasteiger partial charge in [0.1, 0.15) is 0 Å². The Hall–Kier alpha value is -1.88. The molecule has 4 nitrogen and oxygen atoms in total. The van der Waals surface area contributed by atoms with Gasteiger partial charge in [0.2, 0.25) is 0 Å². The third-order valence-corrected chi connectivity index (χ3v) is 3.83. The zero-order chi connectivity index (χ0) is 16.5. The monoisotopic (exact) mass is 347 g/mol. The van der Waals surface area contributed by atoms with Crippen LogP contribution in [0.25, 0.3) is 0 Å². The van der Waals surface area contributed by atoms with Gasteiger partial charge in [0.05, 0.1) is 0 Å². The maximum Gasteiger partial charge on any atom is 0.251 e. The highest BCUT2D eigenvalue weighted by atomic mass is 35.5. The van der Waals surface area contributed by atoms with Crippen LogP contribution in [-0.4, -0.2) is 37.5 Å². The third kappa shape index (κ3) is 6.32. The fraction of sp³-hybridized carbons (Fsp3) is 0.316. The minimum absolute atomic E-state index is 0. The molecule has 0 bridgehead atoms. The Morgan fingerprint density at radius 2 is 1.75 bits per heavy atom. The van der Waals surface area contributed by atoms with E-state index in [1.54, 1.807) is 7.05 Å². The van der Waals surface area contributed by atoms with Crippen LogP contribution in [0.5, 0.6) is 0 Å². The van der Waals surface area contributed by atoms with Gasteiger partial charge in [0.15, 0.2) is 0 Å². The molecule has 0 saturated carbocycles. The van der Waals surface area contributed by atoms with Crippen LogP contribution in [0.4, 0.5) is 0 Å². The quantitative estimate of drug-likeness (QED) is 0.771. The number of nitrogens with two attached hydrogens (primary N) is 1. The van der Waals surface area contributed by atoms with Crippen molar-refractivity contribution in [2.75, 3.05) is 26.7 Å². The predicted octanol–water partition coefficient (Wildman–Crippen LogP) is 2.47. The molecule has 0 unspecified atom stereocenters. The molecular formula is C19H26ClN3O. The molecule has 24 heavy (non-hydrogen) atoms. The summed E-state index contributed by atoms with van der Waals surface area (Å²) in [6, 6.07) is 18.2. The second kappa shape index (κ2) is 10.8. The lowest BCUT2D eigenvalue weighted by molar-refractivity contribution is 0.0963. The van der Waals surface area contributed by atoms with Crippen LogP contribution in [-0.2, 0) is 13.0 Å². The van der Waals surface area contributed by atoms with Crippen molar-refractivity contribution >= 4 is 18.3 Å². The van der Waals surface area contributed by atoms with Crippen molar-refractivity contribution in [2.24, 2.45) is 5.73 Å². The summed E-state index contributed by atoms with van der Waals surface area (Å²) >= 11 is 0. The summed E-state index contributed by atoms with van der Waals surface area (Å²) in [7, 11) is 1.65. The van der Waals surface area contributed by atoms with E-state index >= 15 is 0 Å². The highest BCUT2D eigenvalue weighted by Crippen LogP contribution is 2.10. The van der Waals surface area contributed by atoms with Crippen LogP contribution in [0.15, 0.2) is 54.6 Å². The topological polar surface area (TPSA) is 58.4 Å². The maximum atomic E-state index is 11.7. The number of carbonyl (C=O) groups is 1. The van der Waals surface area contributed by atoms with E-state index in [4.69, 9.17) is 5.73 Å². The lowest BCUT2D eigenvalue weighted by Crippen LogP contribution is -2.31. The van der Waals surface area contributed by atoms with Gasteiger partial charge in [0, 0.05) is 38.8 Å². The van der Waals surface area contributed by atoms with Gasteiger partial charge in [-0.2, -0.15) is 0 Å². The molecule has 1 amide bonds. The van der Waals surface area contributed by atoms with Crippen LogP contribution in [0.3, 0.4) is 0 Å². The number of benzene rings is 2. The summed E-state index contributed by atoms with van der Waals surface area (Å²) in [6.07, 6.45) is 0.996. The second-order valence-corrected chi connectivity index (χ2v) is 5.58. The minimum Gasteiger partial charge on any atom is -0.355 e. The molecule has 0 aliphatic carbocycles. The van der Waals surface area contributed by atoms with Gasteiger partial charge in [-0.05, 0) is 29.7 Å². The van der Waals surface area contributed by atoms with Crippen molar-refractivity contribution in [3.63, 3.8) is 0 Å². The van der Waals surface area contributed by atoms with Gasteiger partial charge in [-0.1, -0.05) is 42.5 Å². The van der Waals surface area contributed by atoms with Crippen molar-refractivity contribution in [3.8, 4) is 0 Å². The molecule has 0 fully saturated rings. The first kappa shape index (κ1) is 20.2. The molecule has 3 N–H and O–H groups in total. The highest BCUT2D eigenvalue weighted by molar-refractivity contribution is 5.94. The summed E-state index contributed by atoms with van der Waals surface area (Å²) < 4.78 is 0. The summed E-state index contributed by atoms with van der Waals surface area (Å²) in [6.45, 7) is 3.22. The molecule has 0 aliphatic rings. The number of halogens is 1. The average molecular weight is 348 g/mol. The number of nitrogens with zero attached hydrogens (tertiary/aromatic N) is 1. The first-order chi connectivity index (χ1) is 11.2. The first-order valence-electron chi connectivity index (χ1n) is 8.00. The van der Waals surface area contributed by atoms with E-state index in [0.29, 0.717) is 12.1 Å². The summed E-state index contributed by atoms with van der Waals surface area (Å²) in [5.41, 5.74) is 8.90. The van der Waals surface area contributed by atoms with E-state index in [1.165, 1.54) is 5.56 Å². The van der Waals surface area contributed by atoms with Crippen molar-refractivity contribution < 1.29 is 4.79 Å². The fourth-order valence-electron chi connectivity index (χ4n) is 2.60. The van der Waals surface area contributed by atoms with Crippen molar-refractivity contribution in [1.82, 2.24) is 10.2 Å². The molecule has 130 valence electrons. The number of amides is 1. The second-order valence-electron chi connectivity index (χ2n) is 5.58. The van der Waals surface area contributed by atoms with Gasteiger partial charge in [-0.3, -0.25) is 9.69 Å². The molecule has 5 heteroatoms. The Labute approximate surface area is 150 Å². The molecule has 0 saturated heterocycles. The van der Waals surface area contributed by atoms with E-state index in [9.17, 15) is 4.79 Å². The number of rotatable bonds is 8. The lowest BCUT2D eigenvalue weighted by Gasteiger charge is -2.22. The first-order valence-corrected chi connectivity index (χ1v) is 8.00. The van der Waals surface area contributed by atoms with Gasteiger partial charge >= 0.3 is 0 Å². The maximum absolute atomic E-state index is 11.7. The van der Waals surface area contributed by atoms with Crippen LogP contribution in [0.2, 0.25) is 0 Å². The average Bonchev–Trinajstić information content (AvgIpc) is 2.60. The fourth-order valence-corrected chi connectivity index (χ4v) is 2.60. The highest BCUT2D eigenvalue weighted by Gasteiger charge is 2.08. The van der Waals surface area contributed by atoms with Crippen molar-refractivity contribution in [2.45, 2.75) is 13.0 Å². The molecule has 0 heterocycles. The molecule has 0 aromatic heterocycles. The normalized spacial score (nSPS) is 10.3. The zero-order valence-corrected chi connectivity index (χ0v) is 14.9.